The van der Waals surface area contributed by atoms with Crippen molar-refractivity contribution in [1.82, 2.24) is 25.3 Å². The van der Waals surface area contributed by atoms with Crippen molar-refractivity contribution in [3.05, 3.63) is 39.9 Å². The molecule has 0 unspecified atom stereocenters. The number of imide groups is 1. The van der Waals surface area contributed by atoms with Gasteiger partial charge in [0, 0.05) is 5.02 Å². The van der Waals surface area contributed by atoms with Gasteiger partial charge in [0.2, 0.25) is 0 Å². The summed E-state index contributed by atoms with van der Waals surface area (Å²) in [5, 5.41) is 4.21. The number of rotatable bonds is 3. The topological polar surface area (TPSA) is 113 Å². The SMILES string of the molecule is CC1CCC2(CC1)NC(=O)N(NC(=O)Cn1cnc3cc(Cl)ccc3c1=O)C2=O. The molecule has 1 saturated carbocycles. The molecular weight excluding hydrogens is 398 g/mol. The Morgan fingerprint density at radius 2 is 2.03 bits per heavy atom. The molecule has 4 amide bonds. The van der Waals surface area contributed by atoms with Crippen molar-refractivity contribution < 1.29 is 14.4 Å². The minimum Gasteiger partial charge on any atom is -0.322 e. The summed E-state index contributed by atoms with van der Waals surface area (Å²) in [6.45, 7) is 1.72. The Morgan fingerprint density at radius 3 is 2.76 bits per heavy atom. The zero-order chi connectivity index (χ0) is 20.8. The van der Waals surface area contributed by atoms with Gasteiger partial charge in [-0.2, -0.15) is 5.01 Å². The Bertz CT molecular complexity index is 1070. The van der Waals surface area contributed by atoms with E-state index < -0.39 is 28.9 Å². The summed E-state index contributed by atoms with van der Waals surface area (Å²) in [5.74, 6) is -0.635. The number of hydrazine groups is 1. The number of nitrogens with one attached hydrogen (secondary N) is 2. The maximum absolute atomic E-state index is 12.8. The molecule has 2 N–H and O–H groups in total. The van der Waals surface area contributed by atoms with Crippen LogP contribution in [0.25, 0.3) is 10.9 Å². The number of carbonyl (C=O) groups excluding carboxylic acids is 3. The van der Waals surface area contributed by atoms with E-state index in [1.807, 2.05) is 0 Å². The Morgan fingerprint density at radius 1 is 1.31 bits per heavy atom. The molecule has 4 rings (SSSR count). The number of urea groups is 1. The average Bonchev–Trinajstić information content (AvgIpc) is 2.91. The van der Waals surface area contributed by atoms with E-state index in [-0.39, 0.29) is 6.54 Å². The van der Waals surface area contributed by atoms with Crippen molar-refractivity contribution >= 4 is 40.3 Å². The first-order valence-corrected chi connectivity index (χ1v) is 9.78. The molecule has 152 valence electrons. The summed E-state index contributed by atoms with van der Waals surface area (Å²) in [7, 11) is 0. The number of hydrogen-bond acceptors (Lipinski definition) is 5. The Balaban J connectivity index is 1.49. The molecule has 2 aromatic rings. The fraction of sp³-hybridized carbons (Fsp3) is 0.421. The predicted molar refractivity (Wildman–Crippen MR) is 105 cm³/mol. The molecule has 1 aliphatic carbocycles. The molecule has 29 heavy (non-hydrogen) atoms. The van der Waals surface area contributed by atoms with E-state index in [9.17, 15) is 19.2 Å². The molecular formula is C19H20ClN5O4. The molecule has 2 aliphatic rings. The second-order valence-corrected chi connectivity index (χ2v) is 8.15. The van der Waals surface area contributed by atoms with Gasteiger partial charge in [-0.1, -0.05) is 18.5 Å². The molecule has 9 nitrogen and oxygen atoms in total. The van der Waals surface area contributed by atoms with Crippen LogP contribution in [0.2, 0.25) is 5.02 Å². The zero-order valence-electron chi connectivity index (χ0n) is 15.8. The number of nitrogens with zero attached hydrogens (tertiary/aromatic N) is 3. The van der Waals surface area contributed by atoms with Crippen LogP contribution in [-0.2, 0) is 16.1 Å². The van der Waals surface area contributed by atoms with Gasteiger partial charge in [0.15, 0.2) is 0 Å². The van der Waals surface area contributed by atoms with Crippen LogP contribution in [0, 0.1) is 5.92 Å². The second-order valence-electron chi connectivity index (χ2n) is 7.71. The first-order valence-electron chi connectivity index (χ1n) is 9.40. The Hall–Kier alpha value is -2.94. The number of carbonyl (C=O) groups is 3. The molecule has 0 atom stereocenters. The van der Waals surface area contributed by atoms with Crippen molar-refractivity contribution in [2.45, 2.75) is 44.7 Å². The number of benzene rings is 1. The van der Waals surface area contributed by atoms with E-state index in [0.717, 1.165) is 22.4 Å². The van der Waals surface area contributed by atoms with E-state index in [0.29, 0.717) is 34.7 Å². The lowest BCUT2D eigenvalue weighted by molar-refractivity contribution is -0.140. The van der Waals surface area contributed by atoms with Crippen LogP contribution in [0.5, 0.6) is 0 Å². The number of amides is 4. The van der Waals surface area contributed by atoms with Crippen LogP contribution >= 0.6 is 11.6 Å². The highest BCUT2D eigenvalue weighted by Gasteiger charge is 2.52. The summed E-state index contributed by atoms with van der Waals surface area (Å²) in [6.07, 6.45) is 3.98. The lowest BCUT2D eigenvalue weighted by Gasteiger charge is -2.33. The standard InChI is InChI=1S/C19H20ClN5O4/c1-11-4-6-19(7-5-11)17(28)25(18(29)22-19)23-15(26)9-24-10-21-14-8-12(20)2-3-13(14)16(24)27/h2-3,8,10-11H,4-7,9H2,1H3,(H,22,29)(H,23,26). The van der Waals surface area contributed by atoms with E-state index in [2.05, 4.69) is 22.7 Å². The highest BCUT2D eigenvalue weighted by molar-refractivity contribution is 6.31. The van der Waals surface area contributed by atoms with Gasteiger partial charge in [-0.3, -0.25) is 24.4 Å². The normalized spacial score (nSPS) is 24.2. The molecule has 0 radical (unpaired) electrons. The van der Waals surface area contributed by atoms with Gasteiger partial charge in [0.25, 0.3) is 17.4 Å². The summed E-state index contributed by atoms with van der Waals surface area (Å²) in [4.78, 5) is 54.2. The van der Waals surface area contributed by atoms with Crippen molar-refractivity contribution in [2.75, 3.05) is 0 Å². The summed E-state index contributed by atoms with van der Waals surface area (Å²) >= 11 is 5.90. The maximum Gasteiger partial charge on any atom is 0.344 e. The van der Waals surface area contributed by atoms with E-state index in [1.165, 1.54) is 12.4 Å². The van der Waals surface area contributed by atoms with Gasteiger partial charge in [0.1, 0.15) is 12.1 Å². The smallest absolute Gasteiger partial charge is 0.322 e. The van der Waals surface area contributed by atoms with Gasteiger partial charge in [-0.25, -0.2) is 9.78 Å². The van der Waals surface area contributed by atoms with Crippen LogP contribution in [-0.4, -0.2) is 37.9 Å². The van der Waals surface area contributed by atoms with Crippen LogP contribution in [0.4, 0.5) is 4.79 Å². The molecule has 1 saturated heterocycles. The van der Waals surface area contributed by atoms with Crippen LogP contribution in [0.3, 0.4) is 0 Å². The molecule has 1 aromatic carbocycles. The fourth-order valence-corrected chi connectivity index (χ4v) is 4.04. The minimum atomic E-state index is -0.947. The quantitative estimate of drug-likeness (QED) is 0.736. The predicted octanol–water partition coefficient (Wildman–Crippen LogP) is 1.58. The van der Waals surface area contributed by atoms with E-state index in [4.69, 9.17) is 11.6 Å². The average molecular weight is 418 g/mol. The zero-order valence-corrected chi connectivity index (χ0v) is 16.5. The highest BCUT2D eigenvalue weighted by Crippen LogP contribution is 2.35. The monoisotopic (exact) mass is 417 g/mol. The van der Waals surface area contributed by atoms with Crippen LogP contribution in [0.15, 0.2) is 29.3 Å². The molecule has 1 aromatic heterocycles. The third-order valence-corrected chi connectivity index (χ3v) is 5.86. The summed E-state index contributed by atoms with van der Waals surface area (Å²) in [5.41, 5.74) is 1.37. The Labute approximate surface area is 171 Å². The van der Waals surface area contributed by atoms with E-state index in [1.54, 1.807) is 12.1 Å². The number of hydrogen-bond donors (Lipinski definition) is 2. The lowest BCUT2D eigenvalue weighted by Crippen LogP contribution is -2.52. The number of halogens is 1. The van der Waals surface area contributed by atoms with Gasteiger partial charge in [-0.15, -0.1) is 0 Å². The minimum absolute atomic E-state index is 0.315. The van der Waals surface area contributed by atoms with Crippen molar-refractivity contribution in [2.24, 2.45) is 5.92 Å². The van der Waals surface area contributed by atoms with Gasteiger partial charge >= 0.3 is 6.03 Å². The van der Waals surface area contributed by atoms with Crippen molar-refractivity contribution in [3.63, 3.8) is 0 Å². The lowest BCUT2D eigenvalue weighted by atomic mass is 9.77. The van der Waals surface area contributed by atoms with Gasteiger partial charge in [0.05, 0.1) is 17.2 Å². The molecule has 2 heterocycles. The van der Waals surface area contributed by atoms with Crippen LogP contribution in [0.1, 0.15) is 32.6 Å². The Kier molecular flexibility index (Phi) is 4.77. The molecule has 0 bridgehead atoms. The van der Waals surface area contributed by atoms with Crippen molar-refractivity contribution in [1.29, 1.82) is 0 Å². The molecule has 2 fully saturated rings. The van der Waals surface area contributed by atoms with Crippen LogP contribution < -0.4 is 16.3 Å². The fourth-order valence-electron chi connectivity index (χ4n) is 3.87. The van der Waals surface area contributed by atoms with Crippen molar-refractivity contribution in [3.8, 4) is 0 Å². The number of aromatic nitrogens is 2. The highest BCUT2D eigenvalue weighted by atomic mass is 35.5. The molecule has 1 aliphatic heterocycles. The first kappa shape index (κ1) is 19.4. The first-order chi connectivity index (χ1) is 13.8. The third-order valence-electron chi connectivity index (χ3n) is 5.63. The third kappa shape index (κ3) is 3.46. The maximum atomic E-state index is 12.8. The largest absolute Gasteiger partial charge is 0.344 e. The summed E-state index contributed by atoms with van der Waals surface area (Å²) in [6, 6.07) is 4.00. The summed E-state index contributed by atoms with van der Waals surface area (Å²) < 4.78 is 1.11. The molecule has 10 heteroatoms. The van der Waals surface area contributed by atoms with E-state index >= 15 is 0 Å². The second kappa shape index (κ2) is 7.14. The van der Waals surface area contributed by atoms with Gasteiger partial charge < -0.3 is 5.32 Å². The van der Waals surface area contributed by atoms with Gasteiger partial charge in [-0.05, 0) is 49.8 Å². The molecule has 1 spiro atoms. The number of fused-ring (bicyclic) bond motifs is 1.